The zero-order valence-electron chi connectivity index (χ0n) is 17.1. The summed E-state index contributed by atoms with van der Waals surface area (Å²) in [5.41, 5.74) is 3.60. The first-order valence-electron chi connectivity index (χ1n) is 9.75. The number of ketones is 1. The van der Waals surface area contributed by atoms with Crippen molar-refractivity contribution in [2.75, 3.05) is 6.26 Å². The number of benzene rings is 3. The van der Waals surface area contributed by atoms with E-state index >= 15 is 0 Å². The fraction of sp³-hybridized carbons (Fsp3) is 0.0400. The van der Waals surface area contributed by atoms with Crippen LogP contribution in [0.15, 0.2) is 101 Å². The molecule has 160 valence electrons. The van der Waals surface area contributed by atoms with Gasteiger partial charge in [0.15, 0.2) is 15.6 Å². The molecule has 4 rings (SSSR count). The van der Waals surface area contributed by atoms with Gasteiger partial charge in [0.2, 0.25) is 0 Å². The number of allylic oxidation sites excluding steroid dienone is 1. The van der Waals surface area contributed by atoms with E-state index in [2.05, 4.69) is 15.9 Å². The van der Waals surface area contributed by atoms with Crippen molar-refractivity contribution in [1.82, 2.24) is 9.78 Å². The minimum atomic E-state index is -3.29. The Labute approximate surface area is 195 Å². The van der Waals surface area contributed by atoms with Crippen LogP contribution < -0.4 is 0 Å². The fourth-order valence-corrected chi connectivity index (χ4v) is 4.08. The topological polar surface area (TPSA) is 69.0 Å². The average Bonchev–Trinajstić information content (AvgIpc) is 3.22. The summed E-state index contributed by atoms with van der Waals surface area (Å²) in [5, 5.41) is 4.70. The van der Waals surface area contributed by atoms with Crippen LogP contribution in [0.5, 0.6) is 0 Å². The van der Waals surface area contributed by atoms with Crippen molar-refractivity contribution in [3.63, 3.8) is 0 Å². The van der Waals surface area contributed by atoms with Crippen molar-refractivity contribution >= 4 is 37.6 Å². The van der Waals surface area contributed by atoms with E-state index in [1.807, 2.05) is 48.7 Å². The van der Waals surface area contributed by atoms with Gasteiger partial charge in [-0.2, -0.15) is 5.10 Å². The van der Waals surface area contributed by atoms with E-state index < -0.39 is 9.84 Å². The quantitative estimate of drug-likeness (QED) is 0.252. The van der Waals surface area contributed by atoms with Gasteiger partial charge in [-0.15, -0.1) is 0 Å². The van der Waals surface area contributed by atoms with Crippen molar-refractivity contribution in [3.05, 3.63) is 107 Å². The smallest absolute Gasteiger partial charge is 0.185 e. The molecule has 0 saturated carbocycles. The Bertz CT molecular complexity index is 1390. The van der Waals surface area contributed by atoms with E-state index in [1.54, 1.807) is 47.2 Å². The van der Waals surface area contributed by atoms with E-state index in [4.69, 9.17) is 5.10 Å². The Morgan fingerprint density at radius 2 is 1.59 bits per heavy atom. The molecule has 0 spiro atoms. The van der Waals surface area contributed by atoms with Gasteiger partial charge in [0.1, 0.15) is 0 Å². The monoisotopic (exact) mass is 506 g/mol. The van der Waals surface area contributed by atoms with Crippen molar-refractivity contribution in [1.29, 1.82) is 0 Å². The number of carbonyl (C=O) groups excluding carboxylic acids is 1. The van der Waals surface area contributed by atoms with Crippen LogP contribution >= 0.6 is 15.9 Å². The van der Waals surface area contributed by atoms with Crippen molar-refractivity contribution in [2.45, 2.75) is 4.90 Å². The molecule has 3 aromatic carbocycles. The lowest BCUT2D eigenvalue weighted by Crippen LogP contribution is -1.97. The van der Waals surface area contributed by atoms with Gasteiger partial charge in [0.25, 0.3) is 0 Å². The highest BCUT2D eigenvalue weighted by molar-refractivity contribution is 9.10. The SMILES string of the molecule is CS(=O)(=O)c1ccc(-c2nn(-c3ccccc3)cc2/C=C/C(=O)c2ccc(Br)cc2)cc1. The predicted octanol–water partition coefficient (Wildman–Crippen LogP) is 5.60. The molecule has 32 heavy (non-hydrogen) atoms. The van der Waals surface area contributed by atoms with Gasteiger partial charge in [-0.25, -0.2) is 13.1 Å². The van der Waals surface area contributed by atoms with E-state index in [1.165, 1.54) is 12.3 Å². The lowest BCUT2D eigenvalue weighted by atomic mass is 10.1. The molecule has 0 unspecified atom stereocenters. The highest BCUT2D eigenvalue weighted by Crippen LogP contribution is 2.26. The third-order valence-electron chi connectivity index (χ3n) is 4.86. The zero-order chi connectivity index (χ0) is 22.7. The summed E-state index contributed by atoms with van der Waals surface area (Å²) < 4.78 is 26.2. The van der Waals surface area contributed by atoms with Crippen LogP contribution in [-0.4, -0.2) is 30.2 Å². The summed E-state index contributed by atoms with van der Waals surface area (Å²) in [5.74, 6) is -0.122. The summed E-state index contributed by atoms with van der Waals surface area (Å²) in [4.78, 5) is 12.9. The van der Waals surface area contributed by atoms with E-state index in [-0.39, 0.29) is 10.7 Å². The van der Waals surface area contributed by atoms with Crippen molar-refractivity contribution < 1.29 is 13.2 Å². The Kier molecular flexibility index (Phi) is 6.21. The molecule has 5 nitrogen and oxygen atoms in total. The number of sulfone groups is 1. The maximum atomic E-state index is 12.6. The molecule has 0 radical (unpaired) electrons. The van der Waals surface area contributed by atoms with Gasteiger partial charge in [-0.05, 0) is 60.7 Å². The number of carbonyl (C=O) groups is 1. The lowest BCUT2D eigenvalue weighted by molar-refractivity contribution is 0.104. The van der Waals surface area contributed by atoms with Crippen LogP contribution in [-0.2, 0) is 9.84 Å². The Morgan fingerprint density at radius 3 is 2.22 bits per heavy atom. The Morgan fingerprint density at radius 1 is 0.938 bits per heavy atom. The van der Waals surface area contributed by atoms with Crippen LogP contribution in [0.2, 0.25) is 0 Å². The van der Waals surface area contributed by atoms with Gasteiger partial charge in [0.05, 0.1) is 16.3 Å². The first-order valence-corrected chi connectivity index (χ1v) is 12.4. The molecule has 4 aromatic rings. The van der Waals surface area contributed by atoms with Gasteiger partial charge in [0, 0.05) is 33.6 Å². The molecular weight excluding hydrogens is 488 g/mol. The lowest BCUT2D eigenvalue weighted by Gasteiger charge is -2.02. The van der Waals surface area contributed by atoms with Crippen LogP contribution in [0.1, 0.15) is 15.9 Å². The number of halogens is 1. The second-order valence-corrected chi connectivity index (χ2v) is 10.1. The second kappa shape index (κ2) is 9.06. The molecule has 0 amide bonds. The van der Waals surface area contributed by atoms with Gasteiger partial charge >= 0.3 is 0 Å². The molecule has 0 bridgehead atoms. The summed E-state index contributed by atoms with van der Waals surface area (Å²) in [6.45, 7) is 0. The molecule has 0 aliphatic rings. The van der Waals surface area contributed by atoms with E-state index in [0.717, 1.165) is 21.3 Å². The normalized spacial score (nSPS) is 11.7. The molecule has 0 saturated heterocycles. The summed E-state index contributed by atoms with van der Waals surface area (Å²) in [6, 6.07) is 23.4. The summed E-state index contributed by atoms with van der Waals surface area (Å²) in [6.07, 6.45) is 6.27. The number of rotatable bonds is 6. The average molecular weight is 507 g/mol. The van der Waals surface area contributed by atoms with Gasteiger partial charge < -0.3 is 0 Å². The first-order chi connectivity index (χ1) is 15.3. The highest BCUT2D eigenvalue weighted by atomic mass is 79.9. The third kappa shape index (κ3) is 4.95. The van der Waals surface area contributed by atoms with E-state index in [9.17, 15) is 13.2 Å². The zero-order valence-corrected chi connectivity index (χ0v) is 19.5. The maximum Gasteiger partial charge on any atom is 0.185 e. The fourth-order valence-electron chi connectivity index (χ4n) is 3.18. The standard InChI is InChI=1S/C25H19BrN2O3S/c1-32(30,31)23-14-9-19(10-15-23)25-20(17-28(27-25)22-5-3-2-4-6-22)11-16-24(29)18-7-12-21(26)13-8-18/h2-17H,1H3/b16-11+. The molecule has 7 heteroatoms. The molecular formula is C25H19BrN2O3S. The second-order valence-electron chi connectivity index (χ2n) is 7.21. The van der Waals surface area contributed by atoms with Gasteiger partial charge in [-0.1, -0.05) is 46.3 Å². The molecule has 0 aliphatic heterocycles. The highest BCUT2D eigenvalue weighted by Gasteiger charge is 2.13. The number of hydrogen-bond donors (Lipinski definition) is 0. The molecule has 1 heterocycles. The Hall–Kier alpha value is -3.29. The molecule has 1 aromatic heterocycles. The minimum Gasteiger partial charge on any atom is -0.289 e. The van der Waals surface area contributed by atoms with Crippen LogP contribution in [0.25, 0.3) is 23.0 Å². The molecule has 0 N–H and O–H groups in total. The minimum absolute atomic E-state index is 0.122. The number of para-hydroxylation sites is 1. The number of hydrogen-bond acceptors (Lipinski definition) is 4. The van der Waals surface area contributed by atoms with E-state index in [0.29, 0.717) is 11.3 Å². The van der Waals surface area contributed by atoms with Crippen LogP contribution in [0.4, 0.5) is 0 Å². The largest absolute Gasteiger partial charge is 0.289 e. The number of nitrogens with zero attached hydrogens (tertiary/aromatic N) is 2. The Balaban J connectivity index is 1.74. The third-order valence-corrected chi connectivity index (χ3v) is 6.52. The molecule has 0 fully saturated rings. The maximum absolute atomic E-state index is 12.6. The van der Waals surface area contributed by atoms with Gasteiger partial charge in [-0.3, -0.25) is 4.79 Å². The number of aromatic nitrogens is 2. The van der Waals surface area contributed by atoms with Crippen LogP contribution in [0.3, 0.4) is 0 Å². The molecule has 0 atom stereocenters. The van der Waals surface area contributed by atoms with Crippen molar-refractivity contribution in [2.24, 2.45) is 0 Å². The summed E-state index contributed by atoms with van der Waals surface area (Å²) >= 11 is 3.37. The predicted molar refractivity (Wildman–Crippen MR) is 130 cm³/mol. The first kappa shape index (κ1) is 21.9. The summed E-state index contributed by atoms with van der Waals surface area (Å²) in [7, 11) is -3.29. The molecule has 0 aliphatic carbocycles. The van der Waals surface area contributed by atoms with Crippen LogP contribution in [0, 0.1) is 0 Å². The van der Waals surface area contributed by atoms with Crippen molar-refractivity contribution in [3.8, 4) is 16.9 Å².